The predicted octanol–water partition coefficient (Wildman–Crippen LogP) is 3.59. The number of nitrogens with one attached hydrogen (secondary N) is 2. The maximum atomic E-state index is 12.4. The van der Waals surface area contributed by atoms with Crippen molar-refractivity contribution < 1.29 is 9.53 Å². The summed E-state index contributed by atoms with van der Waals surface area (Å²) in [6.45, 7) is 7.24. The zero-order chi connectivity index (χ0) is 21.5. The van der Waals surface area contributed by atoms with Crippen LogP contribution >= 0.6 is 11.8 Å². The molecule has 0 saturated carbocycles. The number of carbonyl (C=O) groups excluding carboxylic acids is 1. The summed E-state index contributed by atoms with van der Waals surface area (Å²) in [6.07, 6.45) is 2.83. The van der Waals surface area contributed by atoms with Crippen LogP contribution in [0.5, 0.6) is 5.75 Å². The summed E-state index contributed by atoms with van der Waals surface area (Å²) in [5.41, 5.74) is 1.36. The molecule has 0 radical (unpaired) electrons. The lowest BCUT2D eigenvalue weighted by atomic mass is 10.2. The minimum Gasteiger partial charge on any atom is -0.497 e. The van der Waals surface area contributed by atoms with Crippen molar-refractivity contribution in [2.75, 3.05) is 24.7 Å². The van der Waals surface area contributed by atoms with Crippen LogP contribution in [0, 0.1) is 0 Å². The van der Waals surface area contributed by atoms with E-state index in [2.05, 4.69) is 41.5 Å². The van der Waals surface area contributed by atoms with Crippen LogP contribution in [0.2, 0.25) is 0 Å². The summed E-state index contributed by atoms with van der Waals surface area (Å²) in [6, 6.07) is 7.27. The molecule has 30 heavy (non-hydrogen) atoms. The molecule has 0 fully saturated rings. The van der Waals surface area contributed by atoms with Crippen molar-refractivity contribution in [2.45, 2.75) is 44.9 Å². The van der Waals surface area contributed by atoms with Gasteiger partial charge in [0, 0.05) is 23.9 Å². The number of rotatable bonds is 10. The highest BCUT2D eigenvalue weighted by Gasteiger charge is 2.14. The van der Waals surface area contributed by atoms with Crippen LogP contribution in [0.3, 0.4) is 0 Å². The van der Waals surface area contributed by atoms with Gasteiger partial charge < -0.3 is 15.4 Å². The molecule has 0 saturated heterocycles. The van der Waals surface area contributed by atoms with E-state index in [1.54, 1.807) is 49.3 Å². The number of hydrogen-bond donors (Lipinski definition) is 2. The molecule has 2 N–H and O–H groups in total. The Hall–Kier alpha value is -2.81. The van der Waals surface area contributed by atoms with Crippen molar-refractivity contribution in [1.82, 2.24) is 25.1 Å². The zero-order valence-electron chi connectivity index (χ0n) is 17.8. The highest BCUT2D eigenvalue weighted by atomic mass is 32.2. The Bertz CT molecular complexity index is 987. The number of nitrogens with zero attached hydrogens (tertiary/aromatic N) is 4. The fourth-order valence-electron chi connectivity index (χ4n) is 2.86. The normalized spacial score (nSPS) is 11.1. The summed E-state index contributed by atoms with van der Waals surface area (Å²) < 4.78 is 6.94. The number of aromatic nitrogens is 4. The first-order chi connectivity index (χ1) is 14.5. The van der Waals surface area contributed by atoms with Gasteiger partial charge in [0.15, 0.2) is 10.8 Å². The lowest BCUT2D eigenvalue weighted by Gasteiger charge is -2.12. The van der Waals surface area contributed by atoms with E-state index in [1.165, 1.54) is 0 Å². The summed E-state index contributed by atoms with van der Waals surface area (Å²) in [5.74, 6) is 2.34. The number of ether oxygens (including phenoxy) is 1. The number of amides is 1. The molecule has 3 rings (SSSR count). The van der Waals surface area contributed by atoms with Crippen molar-refractivity contribution in [3.8, 4) is 5.75 Å². The van der Waals surface area contributed by atoms with Crippen molar-refractivity contribution >= 4 is 34.5 Å². The molecule has 0 aliphatic heterocycles. The SMILES string of the molecule is CCCSc1nc(NC(C)C)c2cnn(CCNC(=O)c3ccc(OC)cc3)c2n1. The van der Waals surface area contributed by atoms with E-state index < -0.39 is 0 Å². The molecule has 0 spiro atoms. The van der Waals surface area contributed by atoms with E-state index in [9.17, 15) is 4.79 Å². The van der Waals surface area contributed by atoms with Crippen LogP contribution in [-0.2, 0) is 6.54 Å². The first-order valence-electron chi connectivity index (χ1n) is 10.1. The highest BCUT2D eigenvalue weighted by Crippen LogP contribution is 2.25. The molecule has 160 valence electrons. The quantitative estimate of drug-likeness (QED) is 0.376. The second-order valence-corrected chi connectivity index (χ2v) is 8.15. The van der Waals surface area contributed by atoms with E-state index in [4.69, 9.17) is 9.72 Å². The predicted molar refractivity (Wildman–Crippen MR) is 120 cm³/mol. The van der Waals surface area contributed by atoms with Gasteiger partial charge >= 0.3 is 0 Å². The summed E-state index contributed by atoms with van der Waals surface area (Å²) >= 11 is 1.63. The second kappa shape index (κ2) is 10.3. The molecule has 3 aromatic rings. The molecule has 0 atom stereocenters. The van der Waals surface area contributed by atoms with Crippen molar-refractivity contribution in [3.05, 3.63) is 36.0 Å². The zero-order valence-corrected chi connectivity index (χ0v) is 18.6. The van der Waals surface area contributed by atoms with E-state index in [0.29, 0.717) is 18.7 Å². The Labute approximate surface area is 180 Å². The fraction of sp³-hybridized carbons (Fsp3) is 0.429. The molecule has 1 amide bonds. The maximum Gasteiger partial charge on any atom is 0.251 e. The third-order valence-corrected chi connectivity index (χ3v) is 5.35. The number of anilines is 1. The van der Waals surface area contributed by atoms with Gasteiger partial charge in [-0.15, -0.1) is 0 Å². The van der Waals surface area contributed by atoms with Gasteiger partial charge in [-0.25, -0.2) is 14.6 Å². The molecule has 9 heteroatoms. The fourth-order valence-corrected chi connectivity index (χ4v) is 3.55. The van der Waals surface area contributed by atoms with Gasteiger partial charge in [-0.2, -0.15) is 5.10 Å². The molecule has 0 bridgehead atoms. The number of benzene rings is 1. The Morgan fingerprint density at radius 2 is 2.00 bits per heavy atom. The first-order valence-corrected chi connectivity index (χ1v) is 11.1. The van der Waals surface area contributed by atoms with Gasteiger partial charge in [0.05, 0.1) is 25.2 Å². The van der Waals surface area contributed by atoms with Gasteiger partial charge in [0.25, 0.3) is 5.91 Å². The minimum absolute atomic E-state index is 0.134. The number of fused-ring (bicyclic) bond motifs is 1. The summed E-state index contributed by atoms with van der Waals surface area (Å²) in [4.78, 5) is 21.7. The summed E-state index contributed by atoms with van der Waals surface area (Å²) in [7, 11) is 1.60. The van der Waals surface area contributed by atoms with E-state index in [0.717, 1.165) is 39.9 Å². The number of methoxy groups -OCH3 is 1. The van der Waals surface area contributed by atoms with Crippen molar-refractivity contribution in [2.24, 2.45) is 0 Å². The summed E-state index contributed by atoms with van der Waals surface area (Å²) in [5, 5.41) is 12.4. The van der Waals surface area contributed by atoms with E-state index >= 15 is 0 Å². The standard InChI is InChI=1S/C21H28N6O2S/c1-5-12-30-21-25-18(24-14(2)3)17-13-23-27(19(17)26-21)11-10-22-20(28)15-6-8-16(29-4)9-7-15/h6-9,13-14H,5,10-12H2,1-4H3,(H,22,28)(H,24,25,26). The molecule has 8 nitrogen and oxygen atoms in total. The van der Waals surface area contributed by atoms with Gasteiger partial charge in [-0.1, -0.05) is 18.7 Å². The number of hydrogen-bond acceptors (Lipinski definition) is 7. The average Bonchev–Trinajstić information content (AvgIpc) is 3.15. The van der Waals surface area contributed by atoms with E-state index in [1.807, 2.05) is 4.68 Å². The molecular weight excluding hydrogens is 400 g/mol. The lowest BCUT2D eigenvalue weighted by Crippen LogP contribution is -2.27. The number of thioether (sulfide) groups is 1. The van der Waals surface area contributed by atoms with Crippen LogP contribution in [0.1, 0.15) is 37.6 Å². The van der Waals surface area contributed by atoms with Crippen LogP contribution in [0.4, 0.5) is 5.82 Å². The van der Waals surface area contributed by atoms with Gasteiger partial charge in [0.1, 0.15) is 11.6 Å². The molecule has 0 aliphatic rings. The Morgan fingerprint density at radius 3 is 2.67 bits per heavy atom. The lowest BCUT2D eigenvalue weighted by molar-refractivity contribution is 0.0952. The molecule has 1 aromatic carbocycles. The van der Waals surface area contributed by atoms with Crippen LogP contribution in [-0.4, -0.2) is 51.1 Å². The third-order valence-electron chi connectivity index (χ3n) is 4.30. The smallest absolute Gasteiger partial charge is 0.251 e. The largest absolute Gasteiger partial charge is 0.497 e. The van der Waals surface area contributed by atoms with Crippen molar-refractivity contribution in [1.29, 1.82) is 0 Å². The average molecular weight is 429 g/mol. The third kappa shape index (κ3) is 5.41. The first kappa shape index (κ1) is 21.9. The Kier molecular flexibility index (Phi) is 7.51. The minimum atomic E-state index is -0.134. The Balaban J connectivity index is 1.72. The molecule has 2 aromatic heterocycles. The Morgan fingerprint density at radius 1 is 1.23 bits per heavy atom. The topological polar surface area (TPSA) is 94.0 Å². The highest BCUT2D eigenvalue weighted by molar-refractivity contribution is 7.99. The second-order valence-electron chi connectivity index (χ2n) is 7.09. The maximum absolute atomic E-state index is 12.4. The molecule has 0 aliphatic carbocycles. The monoisotopic (exact) mass is 428 g/mol. The van der Waals surface area contributed by atoms with Crippen LogP contribution in [0.15, 0.2) is 35.6 Å². The molecular formula is C21H28N6O2S. The molecule has 2 heterocycles. The van der Waals surface area contributed by atoms with Gasteiger partial charge in [0.2, 0.25) is 0 Å². The molecule has 0 unspecified atom stereocenters. The van der Waals surface area contributed by atoms with Crippen LogP contribution < -0.4 is 15.4 Å². The van der Waals surface area contributed by atoms with E-state index in [-0.39, 0.29) is 11.9 Å². The van der Waals surface area contributed by atoms with Crippen molar-refractivity contribution in [3.63, 3.8) is 0 Å². The van der Waals surface area contributed by atoms with Crippen LogP contribution in [0.25, 0.3) is 11.0 Å². The van der Waals surface area contributed by atoms with Gasteiger partial charge in [-0.05, 0) is 44.5 Å². The number of carbonyl (C=O) groups is 1. The van der Waals surface area contributed by atoms with Gasteiger partial charge in [-0.3, -0.25) is 4.79 Å².